The molecule has 0 radical (unpaired) electrons. The van der Waals surface area contributed by atoms with Crippen LogP contribution in [0.1, 0.15) is 6.42 Å². The van der Waals surface area contributed by atoms with Crippen molar-refractivity contribution < 1.29 is 17.6 Å². The lowest BCUT2D eigenvalue weighted by Gasteiger charge is -2.22. The first-order chi connectivity index (χ1) is 13.3. The Balaban J connectivity index is 1.70. The van der Waals surface area contributed by atoms with E-state index in [1.54, 1.807) is 24.3 Å². The Morgan fingerprint density at radius 1 is 1.04 bits per heavy atom. The summed E-state index contributed by atoms with van der Waals surface area (Å²) >= 11 is 11.9. The monoisotopic (exact) mass is 445 g/mol. The molecule has 0 spiro atoms. The highest BCUT2D eigenvalue weighted by Gasteiger charge is 2.30. The molecule has 2 aromatic carbocycles. The highest BCUT2D eigenvalue weighted by atomic mass is 35.5. The van der Waals surface area contributed by atoms with Crippen molar-refractivity contribution in [1.82, 2.24) is 9.21 Å². The number of sulfonamides is 1. The number of rotatable bonds is 3. The molecular weight excluding hydrogens is 428 g/mol. The zero-order valence-electron chi connectivity index (χ0n) is 14.7. The summed E-state index contributed by atoms with van der Waals surface area (Å²) in [4.78, 5) is 13.7. The Labute approximate surface area is 172 Å². The van der Waals surface area contributed by atoms with Gasteiger partial charge in [-0.05, 0) is 42.8 Å². The van der Waals surface area contributed by atoms with Gasteiger partial charge in [-0.25, -0.2) is 17.6 Å². The Morgan fingerprint density at radius 3 is 2.57 bits per heavy atom. The predicted octanol–water partition coefficient (Wildman–Crippen LogP) is 4.06. The molecule has 2 aromatic rings. The van der Waals surface area contributed by atoms with Crippen molar-refractivity contribution in [1.29, 1.82) is 0 Å². The first kappa shape index (κ1) is 20.9. The normalized spacial score (nSPS) is 15.9. The van der Waals surface area contributed by atoms with E-state index in [1.165, 1.54) is 15.3 Å². The maximum Gasteiger partial charge on any atom is 0.321 e. The highest BCUT2D eigenvalue weighted by Crippen LogP contribution is 2.26. The van der Waals surface area contributed by atoms with Gasteiger partial charge >= 0.3 is 6.03 Å². The predicted molar refractivity (Wildman–Crippen MR) is 107 cm³/mol. The van der Waals surface area contributed by atoms with Crippen LogP contribution in [-0.4, -0.2) is 49.8 Å². The van der Waals surface area contributed by atoms with Crippen molar-refractivity contribution in [2.24, 2.45) is 0 Å². The number of hydrogen-bond acceptors (Lipinski definition) is 3. The molecule has 0 aliphatic carbocycles. The first-order valence-corrected chi connectivity index (χ1v) is 10.7. The van der Waals surface area contributed by atoms with Gasteiger partial charge in [-0.2, -0.15) is 4.31 Å². The van der Waals surface area contributed by atoms with Crippen LogP contribution < -0.4 is 5.32 Å². The highest BCUT2D eigenvalue weighted by molar-refractivity contribution is 7.89. The third-order valence-electron chi connectivity index (χ3n) is 4.33. The van der Waals surface area contributed by atoms with Crippen molar-refractivity contribution >= 4 is 44.9 Å². The lowest BCUT2D eigenvalue weighted by Crippen LogP contribution is -2.39. The van der Waals surface area contributed by atoms with E-state index in [-0.39, 0.29) is 35.6 Å². The van der Waals surface area contributed by atoms with Crippen LogP contribution in [0.4, 0.5) is 14.9 Å². The second-order valence-corrected chi connectivity index (χ2v) is 9.01. The molecule has 1 saturated heterocycles. The van der Waals surface area contributed by atoms with Crippen LogP contribution in [-0.2, 0) is 10.0 Å². The van der Waals surface area contributed by atoms with Crippen LogP contribution in [0.2, 0.25) is 10.0 Å². The van der Waals surface area contributed by atoms with Gasteiger partial charge in [0.2, 0.25) is 10.0 Å². The number of nitrogens with zero attached hydrogens (tertiary/aromatic N) is 2. The molecule has 0 unspecified atom stereocenters. The summed E-state index contributed by atoms with van der Waals surface area (Å²) in [6, 6.07) is 9.64. The number of amides is 2. The minimum atomic E-state index is -3.97. The van der Waals surface area contributed by atoms with E-state index < -0.39 is 15.8 Å². The van der Waals surface area contributed by atoms with Gasteiger partial charge in [0, 0.05) is 36.9 Å². The number of halogens is 3. The van der Waals surface area contributed by atoms with Crippen LogP contribution in [0.3, 0.4) is 0 Å². The molecule has 0 atom stereocenters. The van der Waals surface area contributed by atoms with Crippen molar-refractivity contribution in [3.63, 3.8) is 0 Å². The maximum atomic E-state index is 13.5. The number of nitrogens with one attached hydrogen (secondary N) is 1. The summed E-state index contributed by atoms with van der Waals surface area (Å²) < 4.78 is 40.5. The van der Waals surface area contributed by atoms with Gasteiger partial charge in [-0.3, -0.25) is 0 Å². The van der Waals surface area contributed by atoms with Crippen LogP contribution >= 0.6 is 23.2 Å². The molecule has 3 rings (SSSR count). The van der Waals surface area contributed by atoms with Crippen molar-refractivity contribution in [2.75, 3.05) is 31.5 Å². The smallest absolute Gasteiger partial charge is 0.321 e. The van der Waals surface area contributed by atoms with E-state index in [2.05, 4.69) is 5.32 Å². The third-order valence-corrected chi connectivity index (χ3v) is 6.94. The van der Waals surface area contributed by atoms with E-state index >= 15 is 0 Å². The summed E-state index contributed by atoms with van der Waals surface area (Å²) in [5.74, 6) is -0.680. The van der Waals surface area contributed by atoms with E-state index in [0.29, 0.717) is 23.7 Å². The first-order valence-electron chi connectivity index (χ1n) is 8.54. The molecule has 1 N–H and O–H groups in total. The van der Waals surface area contributed by atoms with Crippen molar-refractivity contribution in [3.8, 4) is 0 Å². The standard InChI is InChI=1S/C18H18Cl2FN3O3S/c19-13-3-1-4-15(11-13)22-18(25)23-7-2-8-24(10-9-23)28(26,27)17-12-14(21)5-6-16(17)20/h1,3-6,11-12H,2,7-10H2,(H,22,25). The molecule has 1 heterocycles. The molecule has 0 aromatic heterocycles. The summed E-state index contributed by atoms with van der Waals surface area (Å²) in [5, 5.41) is 3.20. The average Bonchev–Trinajstić information content (AvgIpc) is 2.90. The molecule has 0 saturated carbocycles. The van der Waals surface area contributed by atoms with Crippen LogP contribution in [0.5, 0.6) is 0 Å². The summed E-state index contributed by atoms with van der Waals surface area (Å²) in [7, 11) is -3.97. The number of anilines is 1. The van der Waals surface area contributed by atoms with Crippen molar-refractivity contribution in [3.05, 3.63) is 58.3 Å². The summed E-state index contributed by atoms with van der Waals surface area (Å²) in [6.45, 7) is 0.863. The molecule has 28 heavy (non-hydrogen) atoms. The quantitative estimate of drug-likeness (QED) is 0.773. The Hall–Kier alpha value is -1.87. The summed E-state index contributed by atoms with van der Waals surface area (Å²) in [5.41, 5.74) is 0.553. The van der Waals surface area contributed by atoms with Gasteiger partial charge in [-0.15, -0.1) is 0 Å². The lowest BCUT2D eigenvalue weighted by molar-refractivity contribution is 0.214. The second-order valence-electron chi connectivity index (χ2n) is 6.26. The van der Waals surface area contributed by atoms with Crippen molar-refractivity contribution in [2.45, 2.75) is 11.3 Å². The molecule has 10 heteroatoms. The molecule has 0 bridgehead atoms. The molecule has 1 aliphatic rings. The average molecular weight is 446 g/mol. The molecule has 1 aliphatic heterocycles. The third kappa shape index (κ3) is 4.75. The molecule has 6 nitrogen and oxygen atoms in total. The fourth-order valence-corrected chi connectivity index (χ4v) is 5.07. The van der Waals surface area contributed by atoms with Gasteiger partial charge < -0.3 is 10.2 Å². The molecular formula is C18H18Cl2FN3O3S. The van der Waals surface area contributed by atoms with Crippen LogP contribution in [0.15, 0.2) is 47.4 Å². The van der Waals surface area contributed by atoms with Crippen LogP contribution in [0, 0.1) is 5.82 Å². The maximum absolute atomic E-state index is 13.5. The van der Waals surface area contributed by atoms with E-state index in [4.69, 9.17) is 23.2 Å². The largest absolute Gasteiger partial charge is 0.323 e. The molecule has 150 valence electrons. The Bertz CT molecular complexity index is 988. The van der Waals surface area contributed by atoms with E-state index in [0.717, 1.165) is 12.1 Å². The summed E-state index contributed by atoms with van der Waals surface area (Å²) in [6.07, 6.45) is 0.440. The Kier molecular flexibility index (Phi) is 6.44. The minimum Gasteiger partial charge on any atom is -0.323 e. The molecule has 2 amide bonds. The van der Waals surface area contributed by atoms with Crippen LogP contribution in [0.25, 0.3) is 0 Å². The SMILES string of the molecule is O=C(Nc1cccc(Cl)c1)N1CCCN(S(=O)(=O)c2cc(F)ccc2Cl)CC1. The zero-order chi connectivity index (χ0) is 20.3. The number of benzene rings is 2. The number of urea groups is 1. The van der Waals surface area contributed by atoms with Gasteiger partial charge in [-0.1, -0.05) is 29.3 Å². The lowest BCUT2D eigenvalue weighted by atomic mass is 10.3. The fraction of sp³-hybridized carbons (Fsp3) is 0.278. The van der Waals surface area contributed by atoms with Gasteiger partial charge in [0.25, 0.3) is 0 Å². The Morgan fingerprint density at radius 2 is 1.82 bits per heavy atom. The zero-order valence-corrected chi connectivity index (χ0v) is 17.1. The topological polar surface area (TPSA) is 69.7 Å². The number of hydrogen-bond donors (Lipinski definition) is 1. The molecule has 1 fully saturated rings. The number of carbonyl (C=O) groups excluding carboxylic acids is 1. The fourth-order valence-electron chi connectivity index (χ4n) is 2.92. The van der Waals surface area contributed by atoms with E-state index in [1.807, 2.05) is 0 Å². The minimum absolute atomic E-state index is 0.0406. The van der Waals surface area contributed by atoms with Gasteiger partial charge in [0.1, 0.15) is 10.7 Å². The van der Waals surface area contributed by atoms with Gasteiger partial charge in [0.15, 0.2) is 0 Å². The number of carbonyl (C=O) groups is 1. The second kappa shape index (κ2) is 8.65. The van der Waals surface area contributed by atoms with Gasteiger partial charge in [0.05, 0.1) is 5.02 Å². The van der Waals surface area contributed by atoms with E-state index in [9.17, 15) is 17.6 Å².